The molecule has 8 heteroatoms. The second-order valence-electron chi connectivity index (χ2n) is 3.38. The Balaban J connectivity index is 2.68. The molecule has 1 aromatic rings. The number of allylic oxidation sites excluding steroid dienone is 1. The van der Waals surface area contributed by atoms with E-state index in [4.69, 9.17) is 4.74 Å². The van der Waals surface area contributed by atoms with Gasteiger partial charge >= 0.3 is 6.08 Å². The third kappa shape index (κ3) is 4.18. The number of hydrogen-bond acceptors (Lipinski definition) is 4. The van der Waals surface area contributed by atoms with Crippen molar-refractivity contribution in [2.45, 2.75) is 24.3 Å². The highest BCUT2D eigenvalue weighted by molar-refractivity contribution is 7.87. The number of nitrogens with zero attached hydrogens (tertiary/aromatic N) is 1. The molecule has 0 fully saturated rings. The minimum atomic E-state index is -2.36. The Hall–Kier alpha value is -0.730. The Morgan fingerprint density at radius 1 is 1.44 bits per heavy atom. The molecule has 0 aliphatic carbocycles. The third-order valence-corrected chi connectivity index (χ3v) is 4.73. The lowest BCUT2D eigenvalue weighted by molar-refractivity contribution is 0.181. The van der Waals surface area contributed by atoms with Crippen molar-refractivity contribution >= 4 is 22.1 Å². The number of halogens is 3. The van der Waals surface area contributed by atoms with Crippen LogP contribution >= 0.6 is 11.3 Å². The standard InChI is InChI=1S/C10H12F3NO2S2/c1-6-8(5-16-2)14-10(17-6)18(15)4-3-7(11)9(12)13/h3-5H2,1-2H3. The molecule has 0 amide bonds. The maximum absolute atomic E-state index is 12.6. The lowest BCUT2D eigenvalue weighted by Crippen LogP contribution is -1.99. The number of ether oxygens (including phenoxy) is 1. The van der Waals surface area contributed by atoms with Crippen LogP contribution in [0.5, 0.6) is 0 Å². The Kier molecular flexibility index (Phi) is 5.97. The predicted molar refractivity (Wildman–Crippen MR) is 63.8 cm³/mol. The predicted octanol–water partition coefficient (Wildman–Crippen LogP) is 3.17. The molecule has 3 nitrogen and oxygen atoms in total. The Labute approximate surface area is 109 Å². The van der Waals surface area contributed by atoms with E-state index in [-0.39, 0.29) is 5.75 Å². The molecule has 18 heavy (non-hydrogen) atoms. The maximum atomic E-state index is 12.6. The van der Waals surface area contributed by atoms with Gasteiger partial charge in [0.2, 0.25) is 0 Å². The summed E-state index contributed by atoms with van der Waals surface area (Å²) in [6.07, 6.45) is -2.91. The lowest BCUT2D eigenvalue weighted by atomic mass is 10.4. The summed E-state index contributed by atoms with van der Waals surface area (Å²) < 4.78 is 53.2. The van der Waals surface area contributed by atoms with Crippen molar-refractivity contribution in [1.29, 1.82) is 0 Å². The van der Waals surface area contributed by atoms with E-state index in [1.807, 2.05) is 0 Å². The zero-order valence-corrected chi connectivity index (χ0v) is 11.5. The molecular weight excluding hydrogens is 287 g/mol. The highest BCUT2D eigenvalue weighted by atomic mass is 32.2. The van der Waals surface area contributed by atoms with E-state index in [1.165, 1.54) is 18.4 Å². The van der Waals surface area contributed by atoms with Crippen LogP contribution in [0.4, 0.5) is 13.2 Å². The van der Waals surface area contributed by atoms with Crippen LogP contribution in [0.2, 0.25) is 0 Å². The van der Waals surface area contributed by atoms with Gasteiger partial charge in [0.1, 0.15) is 0 Å². The van der Waals surface area contributed by atoms with Gasteiger partial charge in [-0.3, -0.25) is 4.21 Å². The summed E-state index contributed by atoms with van der Waals surface area (Å²) in [6, 6.07) is 0. The normalized spacial score (nSPS) is 12.5. The molecule has 0 radical (unpaired) electrons. The largest absolute Gasteiger partial charge is 0.378 e. The van der Waals surface area contributed by atoms with E-state index in [0.717, 1.165) is 4.88 Å². The number of hydrogen-bond donors (Lipinski definition) is 0. The lowest BCUT2D eigenvalue weighted by Gasteiger charge is -1.96. The number of aryl methyl sites for hydroxylation is 1. The number of rotatable bonds is 6. The van der Waals surface area contributed by atoms with Crippen molar-refractivity contribution in [2.24, 2.45) is 0 Å². The third-order valence-electron chi connectivity index (χ3n) is 2.06. The van der Waals surface area contributed by atoms with E-state index in [0.29, 0.717) is 16.6 Å². The molecule has 0 aliphatic rings. The van der Waals surface area contributed by atoms with Gasteiger partial charge in [-0.2, -0.15) is 8.78 Å². The molecular formula is C10H12F3NO2S2. The zero-order chi connectivity index (χ0) is 13.7. The van der Waals surface area contributed by atoms with Gasteiger partial charge in [0.05, 0.1) is 23.1 Å². The van der Waals surface area contributed by atoms with Gasteiger partial charge in [-0.15, -0.1) is 11.3 Å². The van der Waals surface area contributed by atoms with Crippen molar-refractivity contribution in [3.05, 3.63) is 22.5 Å². The van der Waals surface area contributed by atoms with E-state index in [2.05, 4.69) is 4.98 Å². The molecule has 0 spiro atoms. The highest BCUT2D eigenvalue weighted by Crippen LogP contribution is 2.23. The van der Waals surface area contributed by atoms with Crippen molar-refractivity contribution in [2.75, 3.05) is 12.9 Å². The van der Waals surface area contributed by atoms with Gasteiger partial charge in [0.25, 0.3) is 0 Å². The molecule has 1 heterocycles. The van der Waals surface area contributed by atoms with Gasteiger partial charge < -0.3 is 4.74 Å². The van der Waals surface area contributed by atoms with Crippen molar-refractivity contribution in [3.8, 4) is 0 Å². The number of thiazole rings is 1. The fraction of sp³-hybridized carbons (Fsp3) is 0.500. The fourth-order valence-corrected chi connectivity index (χ4v) is 3.52. The van der Waals surface area contributed by atoms with Crippen molar-refractivity contribution in [3.63, 3.8) is 0 Å². The van der Waals surface area contributed by atoms with Crippen LogP contribution in [0.3, 0.4) is 0 Å². The summed E-state index contributed by atoms with van der Waals surface area (Å²) in [5.41, 5.74) is 0.665. The summed E-state index contributed by atoms with van der Waals surface area (Å²) >= 11 is 1.21. The second-order valence-corrected chi connectivity index (χ2v) is 6.33. The quantitative estimate of drug-likeness (QED) is 0.810. The summed E-state index contributed by atoms with van der Waals surface area (Å²) in [6.45, 7) is 2.10. The second kappa shape index (κ2) is 7.01. The first-order valence-corrected chi connectivity index (χ1v) is 7.12. The molecule has 0 saturated carbocycles. The molecule has 0 aromatic carbocycles. The summed E-state index contributed by atoms with van der Waals surface area (Å²) in [5, 5.41) is 0. The van der Waals surface area contributed by atoms with Gasteiger partial charge in [-0.1, -0.05) is 0 Å². The van der Waals surface area contributed by atoms with E-state index in [1.54, 1.807) is 6.92 Å². The molecule has 1 aromatic heterocycles. The first-order chi connectivity index (χ1) is 8.45. The molecule has 1 atom stereocenters. The van der Waals surface area contributed by atoms with Crippen LogP contribution in [-0.2, 0) is 22.1 Å². The SMILES string of the molecule is COCc1nc(S(=O)CCC(F)=C(F)F)sc1C. The average molecular weight is 299 g/mol. The summed E-state index contributed by atoms with van der Waals surface area (Å²) in [7, 11) is -0.0557. The molecule has 0 N–H and O–H groups in total. The van der Waals surface area contributed by atoms with E-state index in [9.17, 15) is 17.4 Å². The van der Waals surface area contributed by atoms with Gasteiger partial charge in [0, 0.05) is 24.2 Å². The van der Waals surface area contributed by atoms with Gasteiger partial charge in [-0.25, -0.2) is 9.37 Å². The van der Waals surface area contributed by atoms with Crippen LogP contribution in [0, 0.1) is 6.92 Å². The monoisotopic (exact) mass is 299 g/mol. The maximum Gasteiger partial charge on any atom is 0.301 e. The number of aromatic nitrogens is 1. The highest BCUT2D eigenvalue weighted by Gasteiger charge is 2.15. The molecule has 102 valence electrons. The average Bonchev–Trinajstić information content (AvgIpc) is 2.68. The minimum Gasteiger partial charge on any atom is -0.378 e. The van der Waals surface area contributed by atoms with E-state index >= 15 is 0 Å². The smallest absolute Gasteiger partial charge is 0.301 e. The first kappa shape index (κ1) is 15.3. The van der Waals surface area contributed by atoms with Crippen LogP contribution in [0.25, 0.3) is 0 Å². The molecule has 0 bridgehead atoms. The summed E-state index contributed by atoms with van der Waals surface area (Å²) in [4.78, 5) is 4.94. The Morgan fingerprint density at radius 3 is 2.67 bits per heavy atom. The van der Waals surface area contributed by atoms with Gasteiger partial charge in [0.15, 0.2) is 10.2 Å². The Bertz CT molecular complexity index is 470. The summed E-state index contributed by atoms with van der Waals surface area (Å²) in [5.74, 6) is -1.73. The first-order valence-electron chi connectivity index (χ1n) is 4.99. The molecule has 0 saturated heterocycles. The minimum absolute atomic E-state index is 0.206. The Morgan fingerprint density at radius 2 is 2.11 bits per heavy atom. The van der Waals surface area contributed by atoms with Crippen molar-refractivity contribution in [1.82, 2.24) is 4.98 Å². The van der Waals surface area contributed by atoms with Crippen LogP contribution in [0.1, 0.15) is 17.0 Å². The van der Waals surface area contributed by atoms with E-state index < -0.39 is 29.1 Å². The van der Waals surface area contributed by atoms with Crippen molar-refractivity contribution < 1.29 is 22.1 Å². The van der Waals surface area contributed by atoms with Crippen LogP contribution in [0.15, 0.2) is 16.2 Å². The fourth-order valence-electron chi connectivity index (χ4n) is 1.13. The molecule has 1 rings (SSSR count). The zero-order valence-electron chi connectivity index (χ0n) is 9.84. The van der Waals surface area contributed by atoms with Gasteiger partial charge in [-0.05, 0) is 6.92 Å². The number of methoxy groups -OCH3 is 1. The topological polar surface area (TPSA) is 39.2 Å². The van der Waals surface area contributed by atoms with Crippen LogP contribution < -0.4 is 0 Å². The molecule has 0 aliphatic heterocycles. The van der Waals surface area contributed by atoms with Crippen LogP contribution in [-0.4, -0.2) is 22.1 Å². The molecule has 1 unspecified atom stereocenters.